The van der Waals surface area contributed by atoms with Gasteiger partial charge in [-0.15, -0.1) is 0 Å². The van der Waals surface area contributed by atoms with Crippen molar-refractivity contribution in [1.29, 1.82) is 0 Å². The van der Waals surface area contributed by atoms with E-state index >= 15 is 0 Å². The maximum Gasteiger partial charge on any atom is 0.145 e. The van der Waals surface area contributed by atoms with Crippen molar-refractivity contribution in [3.05, 3.63) is 101 Å². The number of benzene rings is 3. The van der Waals surface area contributed by atoms with Crippen LogP contribution in [-0.4, -0.2) is 24.4 Å². The second-order valence-corrected chi connectivity index (χ2v) is 7.28. The fourth-order valence-corrected chi connectivity index (χ4v) is 3.71. The lowest BCUT2D eigenvalue weighted by atomic mass is 9.92. The Bertz CT molecular complexity index is 1070. The van der Waals surface area contributed by atoms with Crippen LogP contribution in [0.5, 0.6) is 5.75 Å². The molecule has 0 radical (unpaired) electrons. The largest absolute Gasteiger partial charge is 0.486 e. The molecule has 1 unspecified atom stereocenters. The maximum absolute atomic E-state index is 13.9. The van der Waals surface area contributed by atoms with Crippen molar-refractivity contribution in [2.24, 2.45) is 4.99 Å². The van der Waals surface area contributed by atoms with Gasteiger partial charge in [-0.05, 0) is 53.9 Å². The van der Waals surface area contributed by atoms with Crippen LogP contribution in [0.15, 0.2) is 77.8 Å². The normalized spacial score (nSPS) is 18.8. The minimum Gasteiger partial charge on any atom is -0.486 e. The van der Waals surface area contributed by atoms with E-state index in [1.807, 2.05) is 24.1 Å². The van der Waals surface area contributed by atoms with E-state index in [4.69, 9.17) is 9.73 Å². The Morgan fingerprint density at radius 3 is 2.13 bits per heavy atom. The maximum atomic E-state index is 13.9. The summed E-state index contributed by atoms with van der Waals surface area (Å²) in [5.74, 6) is -0.0261. The minimum absolute atomic E-state index is 0.109. The zero-order valence-electron chi connectivity index (χ0n) is 16.4. The van der Waals surface area contributed by atoms with Gasteiger partial charge in [-0.1, -0.05) is 30.3 Å². The van der Waals surface area contributed by atoms with E-state index in [-0.39, 0.29) is 36.1 Å². The van der Waals surface area contributed by atoms with Gasteiger partial charge in [0.05, 0.1) is 12.1 Å². The Morgan fingerprint density at radius 1 is 0.867 bits per heavy atom. The molecular formula is C24H21F3N2O. The molecule has 3 aromatic rings. The van der Waals surface area contributed by atoms with Crippen LogP contribution in [0.1, 0.15) is 29.6 Å². The molecule has 1 aliphatic heterocycles. The lowest BCUT2D eigenvalue weighted by molar-refractivity contribution is 0.273. The van der Waals surface area contributed by atoms with Gasteiger partial charge in [-0.3, -0.25) is 4.99 Å². The first kappa shape index (κ1) is 20.0. The highest BCUT2D eigenvalue weighted by Gasteiger charge is 2.30. The van der Waals surface area contributed by atoms with Crippen molar-refractivity contribution in [3.63, 3.8) is 0 Å². The molecule has 0 amide bonds. The molecule has 6 heteroatoms. The third-order valence-electron chi connectivity index (χ3n) is 5.26. The van der Waals surface area contributed by atoms with E-state index in [2.05, 4.69) is 0 Å². The second kappa shape index (κ2) is 8.61. The first-order valence-corrected chi connectivity index (χ1v) is 9.68. The molecule has 2 atom stereocenters. The SMILES string of the molecule is CN1C(COc2cccc(F)c2)=NC(c2cccc(F)c2)C[C@H]1c1cccc(F)c1. The summed E-state index contributed by atoms with van der Waals surface area (Å²) >= 11 is 0. The first-order chi connectivity index (χ1) is 14.5. The van der Waals surface area contributed by atoms with Crippen molar-refractivity contribution in [3.8, 4) is 5.75 Å². The van der Waals surface area contributed by atoms with E-state index < -0.39 is 0 Å². The summed E-state index contributed by atoms with van der Waals surface area (Å²) in [5.41, 5.74) is 1.55. The van der Waals surface area contributed by atoms with E-state index in [1.54, 1.807) is 24.3 Å². The lowest BCUT2D eigenvalue weighted by Crippen LogP contribution is -2.39. The molecule has 0 bridgehead atoms. The molecule has 3 nitrogen and oxygen atoms in total. The molecular weight excluding hydrogens is 389 g/mol. The number of nitrogens with zero attached hydrogens (tertiary/aromatic N) is 2. The van der Waals surface area contributed by atoms with Crippen LogP contribution < -0.4 is 4.74 Å². The Morgan fingerprint density at radius 2 is 1.47 bits per heavy atom. The number of hydrogen-bond donors (Lipinski definition) is 0. The van der Waals surface area contributed by atoms with Gasteiger partial charge in [0.1, 0.15) is 35.6 Å². The number of halogens is 3. The molecule has 0 aliphatic carbocycles. The van der Waals surface area contributed by atoms with Crippen LogP contribution in [0.3, 0.4) is 0 Å². The first-order valence-electron chi connectivity index (χ1n) is 9.68. The third kappa shape index (κ3) is 4.48. The molecule has 1 aliphatic rings. The van der Waals surface area contributed by atoms with Crippen LogP contribution in [0.2, 0.25) is 0 Å². The Kier molecular flexibility index (Phi) is 5.74. The quantitative estimate of drug-likeness (QED) is 0.539. The predicted molar refractivity (Wildman–Crippen MR) is 110 cm³/mol. The number of likely N-dealkylation sites (N-methyl/N-ethyl adjacent to an activating group) is 1. The van der Waals surface area contributed by atoms with Crippen molar-refractivity contribution >= 4 is 5.84 Å². The van der Waals surface area contributed by atoms with Crippen LogP contribution in [0.4, 0.5) is 13.2 Å². The van der Waals surface area contributed by atoms with E-state index in [0.29, 0.717) is 18.0 Å². The van der Waals surface area contributed by atoms with Gasteiger partial charge in [0, 0.05) is 13.1 Å². The Balaban J connectivity index is 1.65. The summed E-state index contributed by atoms with van der Waals surface area (Å²) in [6.45, 7) is 0.109. The molecule has 0 saturated heterocycles. The summed E-state index contributed by atoms with van der Waals surface area (Å²) in [7, 11) is 1.87. The highest BCUT2D eigenvalue weighted by Crippen LogP contribution is 2.37. The average Bonchev–Trinajstić information content (AvgIpc) is 2.73. The fourth-order valence-electron chi connectivity index (χ4n) is 3.71. The zero-order chi connectivity index (χ0) is 21.1. The van der Waals surface area contributed by atoms with Crippen LogP contribution in [-0.2, 0) is 0 Å². The second-order valence-electron chi connectivity index (χ2n) is 7.28. The molecule has 1 heterocycles. The molecule has 0 aromatic heterocycles. The highest BCUT2D eigenvalue weighted by molar-refractivity contribution is 5.85. The topological polar surface area (TPSA) is 24.8 Å². The van der Waals surface area contributed by atoms with Gasteiger partial charge in [-0.25, -0.2) is 13.2 Å². The van der Waals surface area contributed by atoms with E-state index in [0.717, 1.165) is 11.1 Å². The van der Waals surface area contributed by atoms with Gasteiger partial charge < -0.3 is 9.64 Å². The summed E-state index contributed by atoms with van der Waals surface area (Å²) in [4.78, 5) is 6.71. The number of ether oxygens (including phenoxy) is 1. The molecule has 30 heavy (non-hydrogen) atoms. The molecule has 0 spiro atoms. The summed E-state index contributed by atoms with van der Waals surface area (Å²) in [6.07, 6.45) is 0.562. The molecule has 0 saturated carbocycles. The number of hydrogen-bond acceptors (Lipinski definition) is 3. The zero-order valence-corrected chi connectivity index (χ0v) is 16.4. The summed E-state index contributed by atoms with van der Waals surface area (Å²) in [6, 6.07) is 18.2. The standard InChI is InChI=1S/C24H21F3N2O/c1-29-23(17-6-3-8-19(26)12-17)14-22(16-5-2-7-18(25)11-16)28-24(29)15-30-21-10-4-9-20(27)13-21/h2-13,22-23H,14-15H2,1H3/t22?,23-/m0/s1. The molecule has 154 valence electrons. The number of amidine groups is 1. The van der Waals surface area contributed by atoms with Gasteiger partial charge in [0.25, 0.3) is 0 Å². The predicted octanol–water partition coefficient (Wildman–Crippen LogP) is 5.70. The Hall–Kier alpha value is -3.28. The van der Waals surface area contributed by atoms with Gasteiger partial charge in [-0.2, -0.15) is 0 Å². The van der Waals surface area contributed by atoms with E-state index in [9.17, 15) is 13.2 Å². The van der Waals surface area contributed by atoms with Crippen LogP contribution in [0, 0.1) is 17.5 Å². The molecule has 0 fully saturated rings. The van der Waals surface area contributed by atoms with Crippen molar-refractivity contribution in [2.75, 3.05) is 13.7 Å². The van der Waals surface area contributed by atoms with Gasteiger partial charge >= 0.3 is 0 Å². The molecule has 3 aromatic carbocycles. The monoisotopic (exact) mass is 410 g/mol. The minimum atomic E-state index is -0.387. The van der Waals surface area contributed by atoms with Crippen molar-refractivity contribution in [2.45, 2.75) is 18.5 Å². The highest BCUT2D eigenvalue weighted by atomic mass is 19.1. The molecule has 0 N–H and O–H groups in total. The van der Waals surface area contributed by atoms with Crippen molar-refractivity contribution in [1.82, 2.24) is 4.90 Å². The van der Waals surface area contributed by atoms with Gasteiger partial charge in [0.15, 0.2) is 0 Å². The van der Waals surface area contributed by atoms with E-state index in [1.165, 1.54) is 36.4 Å². The summed E-state index contributed by atoms with van der Waals surface area (Å²) in [5, 5.41) is 0. The lowest BCUT2D eigenvalue weighted by Gasteiger charge is -2.38. The molecule has 4 rings (SSSR count). The number of rotatable bonds is 5. The third-order valence-corrected chi connectivity index (χ3v) is 5.26. The van der Waals surface area contributed by atoms with Crippen molar-refractivity contribution < 1.29 is 17.9 Å². The van der Waals surface area contributed by atoms with Crippen LogP contribution in [0.25, 0.3) is 0 Å². The summed E-state index contributed by atoms with van der Waals surface area (Å²) < 4.78 is 46.9. The fraction of sp³-hybridized carbons (Fsp3) is 0.208. The van der Waals surface area contributed by atoms with Crippen LogP contribution >= 0.6 is 0 Å². The Labute approximate surface area is 173 Å². The smallest absolute Gasteiger partial charge is 0.145 e. The van der Waals surface area contributed by atoms with Gasteiger partial charge in [0.2, 0.25) is 0 Å². The average molecular weight is 410 g/mol. The number of aliphatic imine (C=N–C) groups is 1.